The monoisotopic (exact) mass is 948 g/mol. The van der Waals surface area contributed by atoms with E-state index in [1.807, 2.05) is 39.7 Å². The minimum atomic E-state index is -0.304. The van der Waals surface area contributed by atoms with Crippen LogP contribution in [-0.4, -0.2) is 44.4 Å². The Kier molecular flexibility index (Phi) is 19.3. The number of hydrogen-bond acceptors (Lipinski definition) is 8. The first kappa shape index (κ1) is 42.8. The molecule has 0 saturated heterocycles. The minimum absolute atomic E-state index is 0.104. The van der Waals surface area contributed by atoms with Crippen LogP contribution in [0.3, 0.4) is 0 Å². The first-order valence-corrected chi connectivity index (χ1v) is 20.3. The molecule has 1 N–H and O–H groups in total. The number of rotatable bonds is 23. The minimum Gasteiger partial charge on any atom is -0.507 e. The number of halogens is 4. The molecule has 0 spiro atoms. The van der Waals surface area contributed by atoms with Gasteiger partial charge < -0.3 is 23.7 Å². The van der Waals surface area contributed by atoms with Crippen molar-refractivity contribution in [2.45, 2.75) is 105 Å². The normalized spacial score (nSPS) is 11.5. The molecule has 3 rings (SSSR count). The van der Waals surface area contributed by atoms with Gasteiger partial charge in [-0.25, -0.2) is 0 Å². The Balaban J connectivity index is 1.99. The molecule has 0 fully saturated rings. The maximum absolute atomic E-state index is 14.4. The Labute approximate surface area is 331 Å². The van der Waals surface area contributed by atoms with E-state index in [1.54, 1.807) is 19.2 Å². The van der Waals surface area contributed by atoms with Crippen molar-refractivity contribution in [2.24, 2.45) is 0 Å². The largest absolute Gasteiger partial charge is 0.507 e. The Bertz CT molecular complexity index is 1650. The van der Waals surface area contributed by atoms with Crippen molar-refractivity contribution in [3.63, 3.8) is 0 Å². The van der Waals surface area contributed by atoms with E-state index in [-0.39, 0.29) is 22.1 Å². The van der Waals surface area contributed by atoms with Crippen LogP contribution in [-0.2, 0) is 12.8 Å². The van der Waals surface area contributed by atoms with Crippen LogP contribution in [0.5, 0.6) is 23.0 Å². The van der Waals surface area contributed by atoms with E-state index >= 15 is 0 Å². The maximum atomic E-state index is 14.4. The fourth-order valence-electron chi connectivity index (χ4n) is 5.76. The van der Waals surface area contributed by atoms with Crippen LogP contribution in [0.1, 0.15) is 103 Å². The molecule has 1 aromatic heterocycles. The fourth-order valence-corrected chi connectivity index (χ4v) is 6.76. The summed E-state index contributed by atoms with van der Waals surface area (Å²) in [6.45, 7) is 11.0. The van der Waals surface area contributed by atoms with E-state index in [9.17, 15) is 9.90 Å². The van der Waals surface area contributed by atoms with Gasteiger partial charge in [-0.1, -0.05) is 61.8 Å². The third-order valence-electron chi connectivity index (χ3n) is 8.40. The van der Waals surface area contributed by atoms with Gasteiger partial charge in [0.2, 0.25) is 5.43 Å². The lowest BCUT2D eigenvalue weighted by Gasteiger charge is -2.18. The fraction of sp³-hybridized carbons (Fsp3) is 0.553. The summed E-state index contributed by atoms with van der Waals surface area (Å²) in [4.78, 5) is 14.4. The number of nitrogens with zero attached hydrogens (tertiary/aromatic N) is 2. The number of benzene rings is 2. The van der Waals surface area contributed by atoms with Gasteiger partial charge >= 0.3 is 0 Å². The second-order valence-electron chi connectivity index (χ2n) is 13.0. The van der Waals surface area contributed by atoms with Crippen molar-refractivity contribution >= 4 is 86.5 Å². The molecule has 0 atom stereocenters. The van der Waals surface area contributed by atoms with Gasteiger partial charge in [-0.05, 0) is 66.2 Å². The topological polar surface area (TPSA) is 84.6 Å². The van der Waals surface area contributed by atoms with Crippen molar-refractivity contribution in [2.75, 3.05) is 33.4 Å². The first-order valence-electron chi connectivity index (χ1n) is 17.5. The molecule has 0 aliphatic heterocycles. The van der Waals surface area contributed by atoms with Crippen molar-refractivity contribution < 1.29 is 23.7 Å². The number of unbranched alkanes of at least 4 members (excludes halogenated alkanes) is 8. The van der Waals surface area contributed by atoms with E-state index in [2.05, 4.69) is 70.7 Å². The highest BCUT2D eigenvalue weighted by molar-refractivity contribution is 9.21. The SMILES string of the molecule is COc1c(OCCCCCCCN(Br)Br)cc2oc3cc(OCCCCCCCN(Br)Br)c(CC=C(C)C)c(O)c3c(=O)c2c1CC=C(C)C. The number of phenols is 1. The van der Waals surface area contributed by atoms with Crippen LogP contribution >= 0.6 is 64.6 Å². The van der Waals surface area contributed by atoms with Crippen molar-refractivity contribution in [3.8, 4) is 23.0 Å². The number of aromatic hydroxyl groups is 1. The molecule has 0 amide bonds. The molecule has 50 heavy (non-hydrogen) atoms. The molecule has 0 radical (unpaired) electrons. The molecule has 0 aliphatic rings. The third kappa shape index (κ3) is 13.4. The highest BCUT2D eigenvalue weighted by atomic mass is 79.9. The molecule has 1 heterocycles. The van der Waals surface area contributed by atoms with Gasteiger partial charge in [-0.2, -0.15) is 5.90 Å². The van der Waals surface area contributed by atoms with E-state index in [1.165, 1.54) is 0 Å². The summed E-state index contributed by atoms with van der Waals surface area (Å²) in [5.74, 6) is 1.47. The van der Waals surface area contributed by atoms with E-state index in [0.717, 1.165) is 88.4 Å². The predicted molar refractivity (Wildman–Crippen MR) is 221 cm³/mol. The van der Waals surface area contributed by atoms with Gasteiger partial charge in [-0.15, -0.1) is 0 Å². The summed E-state index contributed by atoms with van der Waals surface area (Å²) in [5, 5.41) is 12.2. The summed E-state index contributed by atoms with van der Waals surface area (Å²) in [6, 6.07) is 3.51. The molecule has 2 aromatic carbocycles. The zero-order valence-electron chi connectivity index (χ0n) is 30.0. The van der Waals surface area contributed by atoms with Crippen molar-refractivity contribution in [1.82, 2.24) is 5.90 Å². The Morgan fingerprint density at radius 2 is 1.16 bits per heavy atom. The summed E-state index contributed by atoms with van der Waals surface area (Å²) >= 11 is 13.5. The van der Waals surface area contributed by atoms with Crippen LogP contribution in [0.2, 0.25) is 0 Å². The maximum Gasteiger partial charge on any atom is 0.204 e. The molecule has 0 aliphatic carbocycles. The van der Waals surface area contributed by atoms with E-state index in [0.29, 0.717) is 65.4 Å². The number of ether oxygens (including phenoxy) is 3. The lowest BCUT2D eigenvalue weighted by Crippen LogP contribution is -2.10. The molecule has 12 heteroatoms. The molecule has 0 bridgehead atoms. The van der Waals surface area contributed by atoms with Crippen LogP contribution in [0, 0.1) is 0 Å². The second-order valence-corrected chi connectivity index (χ2v) is 18.4. The summed E-state index contributed by atoms with van der Waals surface area (Å²) in [6.07, 6.45) is 15.5. The summed E-state index contributed by atoms with van der Waals surface area (Å²) in [7, 11) is 1.60. The molecular formula is C38H52Br4N2O6. The highest BCUT2D eigenvalue weighted by Gasteiger charge is 2.24. The molecule has 0 saturated carbocycles. The Morgan fingerprint density at radius 3 is 1.68 bits per heavy atom. The average Bonchev–Trinajstić information content (AvgIpc) is 3.04. The number of phenolic OH excluding ortho intramolecular Hbond substituents is 1. The van der Waals surface area contributed by atoms with Gasteiger partial charge in [0.05, 0.1) is 25.7 Å². The lowest BCUT2D eigenvalue weighted by molar-refractivity contribution is 0.284. The van der Waals surface area contributed by atoms with E-state index in [4.69, 9.17) is 18.6 Å². The van der Waals surface area contributed by atoms with Crippen LogP contribution in [0.15, 0.2) is 44.6 Å². The number of hydrogen-bond donors (Lipinski definition) is 1. The average molecular weight is 952 g/mol. The zero-order valence-corrected chi connectivity index (χ0v) is 36.4. The predicted octanol–water partition coefficient (Wildman–Crippen LogP) is 12.2. The molecule has 278 valence electrons. The van der Waals surface area contributed by atoms with Crippen LogP contribution in [0.4, 0.5) is 0 Å². The molecule has 8 nitrogen and oxygen atoms in total. The van der Waals surface area contributed by atoms with Gasteiger partial charge in [0.25, 0.3) is 0 Å². The van der Waals surface area contributed by atoms with Crippen LogP contribution in [0.25, 0.3) is 21.9 Å². The van der Waals surface area contributed by atoms with Gasteiger partial charge in [0.15, 0.2) is 11.5 Å². The first-order chi connectivity index (χ1) is 23.9. The number of allylic oxidation sites excluding steroid dienone is 4. The smallest absolute Gasteiger partial charge is 0.204 e. The van der Waals surface area contributed by atoms with E-state index < -0.39 is 0 Å². The summed E-state index contributed by atoms with van der Waals surface area (Å²) in [5.41, 5.74) is 3.83. The summed E-state index contributed by atoms with van der Waals surface area (Å²) < 4.78 is 28.6. The zero-order chi connectivity index (χ0) is 36.6. The van der Waals surface area contributed by atoms with Gasteiger partial charge in [-0.3, -0.25) is 4.79 Å². The Morgan fingerprint density at radius 1 is 0.700 bits per heavy atom. The Hall–Kier alpha value is -1.57. The van der Waals surface area contributed by atoms with Crippen molar-refractivity contribution in [3.05, 3.63) is 56.8 Å². The molecule has 0 unspecified atom stereocenters. The molecule has 3 aromatic rings. The third-order valence-corrected chi connectivity index (χ3v) is 9.82. The second kappa shape index (κ2) is 22.5. The quantitative estimate of drug-likeness (QED) is 0.0436. The van der Waals surface area contributed by atoms with Crippen LogP contribution < -0.4 is 19.6 Å². The lowest BCUT2D eigenvalue weighted by atomic mass is 9.98. The highest BCUT2D eigenvalue weighted by Crippen LogP contribution is 2.42. The van der Waals surface area contributed by atoms with Crippen molar-refractivity contribution in [1.29, 1.82) is 0 Å². The molecular weight excluding hydrogens is 900 g/mol. The standard InChI is InChI=1S/C38H52Br4N2O6/c1-26(2)16-18-28-30(48-22-14-10-6-8-12-20-43(39)40)24-32-35(36(28)45)37(46)34-29(19-17-27(3)4)38(47-5)33(25-31(34)50-32)49-23-15-11-7-9-13-21-44(41)42/h16-17,24-25,45H,6-15,18-23H2,1-5H3. The number of methoxy groups -OCH3 is 1. The van der Waals surface area contributed by atoms with Gasteiger partial charge in [0, 0.05) is 101 Å². The van der Waals surface area contributed by atoms with Gasteiger partial charge in [0.1, 0.15) is 28.1 Å². The number of fused-ring (bicyclic) bond motifs is 2.